The second-order valence-electron chi connectivity index (χ2n) is 7.24. The summed E-state index contributed by atoms with van der Waals surface area (Å²) in [5.74, 6) is 0.725. The van der Waals surface area contributed by atoms with Crippen molar-refractivity contribution in [3.8, 4) is 0 Å². The van der Waals surface area contributed by atoms with E-state index in [9.17, 15) is 4.79 Å². The third-order valence-corrected chi connectivity index (χ3v) is 4.33. The first-order valence-electron chi connectivity index (χ1n) is 8.17. The summed E-state index contributed by atoms with van der Waals surface area (Å²) in [6.07, 6.45) is 7.89. The lowest BCUT2D eigenvalue weighted by molar-refractivity contribution is 0.0168. The smallest absolute Gasteiger partial charge is 0.410 e. The fourth-order valence-corrected chi connectivity index (χ4v) is 3.30. The zero-order chi connectivity index (χ0) is 14.6. The molecule has 1 aliphatic carbocycles. The van der Waals surface area contributed by atoms with Crippen molar-refractivity contribution in [3.63, 3.8) is 0 Å². The molecule has 2 fully saturated rings. The van der Waals surface area contributed by atoms with Crippen molar-refractivity contribution in [2.24, 2.45) is 5.92 Å². The predicted molar refractivity (Wildman–Crippen MR) is 80.8 cm³/mol. The average molecular weight is 282 g/mol. The molecule has 20 heavy (non-hydrogen) atoms. The van der Waals surface area contributed by atoms with Crippen LogP contribution in [0.5, 0.6) is 0 Å². The molecule has 2 aliphatic rings. The standard InChI is InChI=1S/C16H30N2O2/c1-16(2,3)20-15(19)18-11-10-17-14(12-18)13-8-6-4-5-7-9-13/h13-14,17H,4-12H2,1-3H3. The molecular formula is C16H30N2O2. The van der Waals surface area contributed by atoms with Gasteiger partial charge in [-0.05, 0) is 39.5 Å². The number of ether oxygens (including phenoxy) is 1. The van der Waals surface area contributed by atoms with Crippen LogP contribution in [-0.4, -0.2) is 42.3 Å². The van der Waals surface area contributed by atoms with E-state index in [1.807, 2.05) is 25.7 Å². The fourth-order valence-electron chi connectivity index (χ4n) is 3.30. The first-order valence-corrected chi connectivity index (χ1v) is 8.17. The molecule has 1 amide bonds. The monoisotopic (exact) mass is 282 g/mol. The van der Waals surface area contributed by atoms with E-state index in [1.54, 1.807) is 0 Å². The number of amides is 1. The molecule has 1 saturated heterocycles. The molecule has 0 spiro atoms. The van der Waals surface area contributed by atoms with Gasteiger partial charge in [-0.3, -0.25) is 0 Å². The molecule has 1 heterocycles. The second-order valence-corrected chi connectivity index (χ2v) is 7.24. The topological polar surface area (TPSA) is 41.6 Å². The van der Waals surface area contributed by atoms with Gasteiger partial charge in [-0.25, -0.2) is 4.79 Å². The Morgan fingerprint density at radius 1 is 1.15 bits per heavy atom. The predicted octanol–water partition coefficient (Wildman–Crippen LogP) is 3.17. The van der Waals surface area contributed by atoms with Crippen molar-refractivity contribution < 1.29 is 9.53 Å². The van der Waals surface area contributed by atoms with Crippen molar-refractivity contribution in [2.45, 2.75) is 70.9 Å². The molecule has 1 saturated carbocycles. The molecule has 116 valence electrons. The van der Waals surface area contributed by atoms with Gasteiger partial charge in [-0.2, -0.15) is 0 Å². The summed E-state index contributed by atoms with van der Waals surface area (Å²) in [6, 6.07) is 0.453. The average Bonchev–Trinajstić information content (AvgIpc) is 2.66. The van der Waals surface area contributed by atoms with Gasteiger partial charge >= 0.3 is 6.09 Å². The van der Waals surface area contributed by atoms with E-state index in [1.165, 1.54) is 38.5 Å². The fraction of sp³-hybridized carbons (Fsp3) is 0.938. The molecule has 1 unspecified atom stereocenters. The number of carbonyl (C=O) groups excluding carboxylic acids is 1. The van der Waals surface area contributed by atoms with Crippen molar-refractivity contribution in [2.75, 3.05) is 19.6 Å². The van der Waals surface area contributed by atoms with Crippen LogP contribution in [0, 0.1) is 5.92 Å². The van der Waals surface area contributed by atoms with Crippen LogP contribution in [0.25, 0.3) is 0 Å². The molecule has 4 heteroatoms. The third kappa shape index (κ3) is 4.65. The van der Waals surface area contributed by atoms with Crippen LogP contribution in [0.3, 0.4) is 0 Å². The van der Waals surface area contributed by atoms with E-state index in [2.05, 4.69) is 5.32 Å². The molecule has 2 rings (SSSR count). The van der Waals surface area contributed by atoms with Crippen LogP contribution >= 0.6 is 0 Å². The van der Waals surface area contributed by atoms with Gasteiger partial charge in [0.15, 0.2) is 0 Å². The first kappa shape index (κ1) is 15.6. The first-order chi connectivity index (χ1) is 9.46. The Hall–Kier alpha value is -0.770. The summed E-state index contributed by atoms with van der Waals surface area (Å²) < 4.78 is 5.50. The molecular weight excluding hydrogens is 252 g/mol. The lowest BCUT2D eigenvalue weighted by Gasteiger charge is -2.38. The zero-order valence-corrected chi connectivity index (χ0v) is 13.3. The van der Waals surface area contributed by atoms with Crippen molar-refractivity contribution in [1.29, 1.82) is 0 Å². The maximum atomic E-state index is 12.2. The van der Waals surface area contributed by atoms with Crippen LogP contribution in [0.15, 0.2) is 0 Å². The number of rotatable bonds is 1. The Kier molecular flexibility index (Phi) is 5.30. The summed E-state index contributed by atoms with van der Waals surface area (Å²) in [4.78, 5) is 14.1. The Morgan fingerprint density at radius 2 is 1.80 bits per heavy atom. The van der Waals surface area contributed by atoms with E-state index >= 15 is 0 Å². The van der Waals surface area contributed by atoms with Gasteiger partial charge in [0.2, 0.25) is 0 Å². The highest BCUT2D eigenvalue weighted by Crippen LogP contribution is 2.27. The lowest BCUT2D eigenvalue weighted by atomic mass is 9.90. The number of piperazine rings is 1. The molecule has 0 bridgehead atoms. The summed E-state index contributed by atoms with van der Waals surface area (Å²) in [5, 5.41) is 3.61. The minimum absolute atomic E-state index is 0.155. The van der Waals surface area contributed by atoms with Gasteiger partial charge < -0.3 is 15.0 Å². The number of hydrogen-bond donors (Lipinski definition) is 1. The molecule has 1 atom stereocenters. The number of nitrogens with one attached hydrogen (secondary N) is 1. The van der Waals surface area contributed by atoms with Crippen LogP contribution in [0.1, 0.15) is 59.3 Å². The van der Waals surface area contributed by atoms with Gasteiger partial charge in [-0.1, -0.05) is 25.7 Å². The summed E-state index contributed by atoms with van der Waals surface area (Å²) in [5.41, 5.74) is -0.403. The van der Waals surface area contributed by atoms with E-state index in [0.29, 0.717) is 6.04 Å². The summed E-state index contributed by atoms with van der Waals surface area (Å²) >= 11 is 0. The molecule has 1 N–H and O–H groups in total. The minimum atomic E-state index is -0.403. The van der Waals surface area contributed by atoms with E-state index in [-0.39, 0.29) is 6.09 Å². The molecule has 1 aliphatic heterocycles. The summed E-state index contributed by atoms with van der Waals surface area (Å²) in [6.45, 7) is 8.24. The minimum Gasteiger partial charge on any atom is -0.444 e. The zero-order valence-electron chi connectivity index (χ0n) is 13.3. The van der Waals surface area contributed by atoms with Crippen LogP contribution < -0.4 is 5.32 Å². The number of hydrogen-bond acceptors (Lipinski definition) is 3. The Balaban J connectivity index is 1.89. The molecule has 4 nitrogen and oxygen atoms in total. The van der Waals surface area contributed by atoms with Crippen molar-refractivity contribution in [3.05, 3.63) is 0 Å². The van der Waals surface area contributed by atoms with Crippen LogP contribution in [0.2, 0.25) is 0 Å². The second kappa shape index (κ2) is 6.79. The maximum absolute atomic E-state index is 12.2. The van der Waals surface area contributed by atoms with Gasteiger partial charge in [0.25, 0.3) is 0 Å². The largest absolute Gasteiger partial charge is 0.444 e. The van der Waals surface area contributed by atoms with Gasteiger partial charge in [-0.15, -0.1) is 0 Å². The lowest BCUT2D eigenvalue weighted by Crippen LogP contribution is -2.56. The number of carbonyl (C=O) groups is 1. The maximum Gasteiger partial charge on any atom is 0.410 e. The quantitative estimate of drug-likeness (QED) is 0.751. The Bertz CT molecular complexity index is 317. The SMILES string of the molecule is CC(C)(C)OC(=O)N1CCNC(C2CCCCCC2)C1. The summed E-state index contributed by atoms with van der Waals surface area (Å²) in [7, 11) is 0. The third-order valence-electron chi connectivity index (χ3n) is 4.33. The Labute approximate surface area is 123 Å². The van der Waals surface area contributed by atoms with E-state index in [0.717, 1.165) is 25.6 Å². The van der Waals surface area contributed by atoms with E-state index < -0.39 is 5.60 Å². The molecule has 0 aromatic rings. The highest BCUT2D eigenvalue weighted by molar-refractivity contribution is 5.68. The highest BCUT2D eigenvalue weighted by Gasteiger charge is 2.31. The van der Waals surface area contributed by atoms with Gasteiger partial charge in [0.1, 0.15) is 5.60 Å². The highest BCUT2D eigenvalue weighted by atomic mass is 16.6. The van der Waals surface area contributed by atoms with Crippen molar-refractivity contribution in [1.82, 2.24) is 10.2 Å². The normalized spacial score (nSPS) is 26.1. The van der Waals surface area contributed by atoms with E-state index in [4.69, 9.17) is 4.74 Å². The van der Waals surface area contributed by atoms with Gasteiger partial charge in [0, 0.05) is 25.7 Å². The van der Waals surface area contributed by atoms with Crippen LogP contribution in [-0.2, 0) is 4.74 Å². The molecule has 0 aromatic heterocycles. The van der Waals surface area contributed by atoms with Gasteiger partial charge in [0.05, 0.1) is 0 Å². The Morgan fingerprint density at radius 3 is 2.40 bits per heavy atom. The number of nitrogens with zero attached hydrogens (tertiary/aromatic N) is 1. The molecule has 0 radical (unpaired) electrons. The van der Waals surface area contributed by atoms with Crippen molar-refractivity contribution >= 4 is 6.09 Å². The van der Waals surface area contributed by atoms with Crippen LogP contribution in [0.4, 0.5) is 4.79 Å². The molecule has 0 aromatic carbocycles.